The number of aliphatic hydroxyl groups is 1. The highest BCUT2D eigenvalue weighted by atomic mass is 16.5. The Labute approximate surface area is 135 Å². The number of rotatable bonds is 4. The lowest BCUT2D eigenvalue weighted by Gasteiger charge is -2.34. The summed E-state index contributed by atoms with van der Waals surface area (Å²) >= 11 is 0. The second-order valence-electron chi connectivity index (χ2n) is 6.61. The maximum atomic E-state index is 11.1. The van der Waals surface area contributed by atoms with Crippen LogP contribution in [0, 0.1) is 11.3 Å². The van der Waals surface area contributed by atoms with Gasteiger partial charge in [0.2, 0.25) is 0 Å². The first kappa shape index (κ1) is 15.7. The minimum absolute atomic E-state index is 0.0779. The number of aromatic nitrogens is 3. The molecule has 3 rings (SSSR count). The summed E-state index contributed by atoms with van der Waals surface area (Å²) in [5, 5.41) is 26.5. The lowest BCUT2D eigenvalue weighted by Crippen LogP contribution is -2.48. The molecule has 1 aliphatic heterocycles. The van der Waals surface area contributed by atoms with Crippen molar-refractivity contribution in [3.05, 3.63) is 47.5 Å². The number of H-pyrrole nitrogens is 1. The molecular formula is C17H20N4O2. The van der Waals surface area contributed by atoms with Gasteiger partial charge in [0.15, 0.2) is 0 Å². The van der Waals surface area contributed by atoms with Crippen molar-refractivity contribution in [1.29, 1.82) is 5.26 Å². The maximum Gasteiger partial charge on any atom is 0.137 e. The number of ether oxygens (including phenoxy) is 1. The van der Waals surface area contributed by atoms with Crippen LogP contribution in [0.3, 0.4) is 0 Å². The van der Waals surface area contributed by atoms with Crippen LogP contribution >= 0.6 is 0 Å². The topological polar surface area (TPSA) is 94.8 Å². The van der Waals surface area contributed by atoms with Crippen LogP contribution in [-0.2, 0) is 17.6 Å². The van der Waals surface area contributed by atoms with Gasteiger partial charge in [0, 0.05) is 12.8 Å². The SMILES string of the molecule is CC1(C)OC(Cc2ccc(C#N)cc2)CC1(O)Cc1ncn[nH]1. The van der Waals surface area contributed by atoms with Gasteiger partial charge in [0.1, 0.15) is 17.8 Å². The molecule has 0 bridgehead atoms. The molecule has 1 saturated heterocycles. The molecular weight excluding hydrogens is 292 g/mol. The minimum Gasteiger partial charge on any atom is -0.386 e. The summed E-state index contributed by atoms with van der Waals surface area (Å²) in [6, 6.07) is 9.58. The lowest BCUT2D eigenvalue weighted by molar-refractivity contribution is -0.109. The van der Waals surface area contributed by atoms with Crippen LogP contribution in [-0.4, -0.2) is 37.6 Å². The second-order valence-corrected chi connectivity index (χ2v) is 6.61. The number of hydrogen-bond acceptors (Lipinski definition) is 5. The van der Waals surface area contributed by atoms with E-state index in [1.807, 2.05) is 26.0 Å². The Kier molecular flexibility index (Phi) is 3.92. The van der Waals surface area contributed by atoms with Crippen LogP contribution in [0.4, 0.5) is 0 Å². The first-order valence-electron chi connectivity index (χ1n) is 7.65. The van der Waals surface area contributed by atoms with Crippen LogP contribution in [0.15, 0.2) is 30.6 Å². The third kappa shape index (κ3) is 3.11. The van der Waals surface area contributed by atoms with Gasteiger partial charge in [-0.15, -0.1) is 0 Å². The number of hydrogen-bond donors (Lipinski definition) is 2. The molecule has 2 unspecified atom stereocenters. The predicted molar refractivity (Wildman–Crippen MR) is 83.5 cm³/mol. The molecule has 2 N–H and O–H groups in total. The molecule has 2 atom stereocenters. The fourth-order valence-corrected chi connectivity index (χ4v) is 3.16. The quantitative estimate of drug-likeness (QED) is 0.897. The average molecular weight is 312 g/mol. The zero-order valence-corrected chi connectivity index (χ0v) is 13.3. The minimum atomic E-state index is -0.996. The molecule has 0 saturated carbocycles. The van der Waals surface area contributed by atoms with E-state index in [0.717, 1.165) is 5.56 Å². The molecule has 23 heavy (non-hydrogen) atoms. The van der Waals surface area contributed by atoms with Crippen molar-refractivity contribution < 1.29 is 9.84 Å². The van der Waals surface area contributed by atoms with E-state index in [2.05, 4.69) is 21.3 Å². The zero-order valence-electron chi connectivity index (χ0n) is 13.3. The largest absolute Gasteiger partial charge is 0.386 e. The van der Waals surface area contributed by atoms with Crippen LogP contribution in [0.2, 0.25) is 0 Å². The van der Waals surface area contributed by atoms with E-state index in [9.17, 15) is 5.11 Å². The summed E-state index contributed by atoms with van der Waals surface area (Å²) in [6.07, 6.45) is 2.97. The highest BCUT2D eigenvalue weighted by molar-refractivity contribution is 5.32. The van der Waals surface area contributed by atoms with Crippen LogP contribution < -0.4 is 0 Å². The highest BCUT2D eigenvalue weighted by Crippen LogP contribution is 2.42. The van der Waals surface area contributed by atoms with Gasteiger partial charge in [0.25, 0.3) is 0 Å². The zero-order chi connectivity index (χ0) is 16.5. The van der Waals surface area contributed by atoms with Crippen LogP contribution in [0.1, 0.15) is 37.2 Å². The van der Waals surface area contributed by atoms with Crippen molar-refractivity contribution in [3.8, 4) is 6.07 Å². The third-order valence-electron chi connectivity index (χ3n) is 4.62. The molecule has 0 aliphatic carbocycles. The molecule has 1 aromatic carbocycles. The van der Waals surface area contributed by atoms with Gasteiger partial charge < -0.3 is 9.84 Å². The van der Waals surface area contributed by atoms with Crippen molar-refractivity contribution in [2.24, 2.45) is 0 Å². The summed E-state index contributed by atoms with van der Waals surface area (Å²) in [5.41, 5.74) is 0.0675. The molecule has 0 spiro atoms. The fourth-order valence-electron chi connectivity index (χ4n) is 3.16. The smallest absolute Gasteiger partial charge is 0.137 e. The van der Waals surface area contributed by atoms with Gasteiger partial charge in [0.05, 0.1) is 23.3 Å². The summed E-state index contributed by atoms with van der Waals surface area (Å²) in [6.45, 7) is 3.81. The Morgan fingerprint density at radius 1 is 1.39 bits per heavy atom. The van der Waals surface area contributed by atoms with E-state index in [0.29, 0.717) is 30.7 Å². The molecule has 2 heterocycles. The van der Waals surface area contributed by atoms with Gasteiger partial charge in [-0.3, -0.25) is 5.10 Å². The highest BCUT2D eigenvalue weighted by Gasteiger charge is 2.53. The number of nitriles is 1. The fraction of sp³-hybridized carbons (Fsp3) is 0.471. The van der Waals surface area contributed by atoms with Gasteiger partial charge in [-0.1, -0.05) is 12.1 Å². The van der Waals surface area contributed by atoms with Gasteiger partial charge in [-0.25, -0.2) is 4.98 Å². The Balaban J connectivity index is 1.72. The molecule has 0 radical (unpaired) electrons. The molecule has 6 heteroatoms. The van der Waals surface area contributed by atoms with Gasteiger partial charge >= 0.3 is 0 Å². The number of aromatic amines is 1. The first-order chi connectivity index (χ1) is 10.9. The van der Waals surface area contributed by atoms with Crippen LogP contribution in [0.25, 0.3) is 0 Å². The van der Waals surface area contributed by atoms with Crippen molar-refractivity contribution >= 4 is 0 Å². The Hall–Kier alpha value is -2.23. The lowest BCUT2D eigenvalue weighted by atomic mass is 9.81. The summed E-state index contributed by atoms with van der Waals surface area (Å²) in [7, 11) is 0. The molecule has 120 valence electrons. The van der Waals surface area contributed by atoms with Crippen molar-refractivity contribution in [2.45, 2.75) is 50.4 Å². The molecule has 0 amide bonds. The Morgan fingerprint density at radius 2 is 2.13 bits per heavy atom. The molecule has 2 aromatic rings. The summed E-state index contributed by atoms with van der Waals surface area (Å²) < 4.78 is 6.10. The standard InChI is InChI=1S/C17H20N4O2/c1-16(2)17(22,9-15-19-11-20-21-15)8-14(23-16)7-12-3-5-13(10-18)6-4-12/h3-6,11,14,22H,7-9H2,1-2H3,(H,19,20,21). The van der Waals surface area contributed by atoms with Gasteiger partial charge in [-0.2, -0.15) is 10.4 Å². The average Bonchev–Trinajstić information content (AvgIpc) is 3.06. The van der Waals surface area contributed by atoms with Crippen molar-refractivity contribution in [3.63, 3.8) is 0 Å². The third-order valence-corrected chi connectivity index (χ3v) is 4.62. The molecule has 6 nitrogen and oxygen atoms in total. The molecule has 1 aliphatic rings. The second kappa shape index (κ2) is 5.76. The summed E-state index contributed by atoms with van der Waals surface area (Å²) in [4.78, 5) is 4.11. The van der Waals surface area contributed by atoms with E-state index in [1.165, 1.54) is 6.33 Å². The molecule has 1 aromatic heterocycles. The van der Waals surface area contributed by atoms with Crippen molar-refractivity contribution in [2.75, 3.05) is 0 Å². The number of nitrogens with zero attached hydrogens (tertiary/aromatic N) is 3. The maximum absolute atomic E-state index is 11.1. The normalized spacial score (nSPS) is 26.1. The summed E-state index contributed by atoms with van der Waals surface area (Å²) in [5.74, 6) is 0.656. The van der Waals surface area contributed by atoms with Gasteiger partial charge in [-0.05, 0) is 38.0 Å². The predicted octanol–water partition coefficient (Wildman–Crippen LogP) is 1.76. The van der Waals surface area contributed by atoms with E-state index < -0.39 is 11.2 Å². The monoisotopic (exact) mass is 312 g/mol. The van der Waals surface area contributed by atoms with E-state index in [-0.39, 0.29) is 6.10 Å². The number of benzene rings is 1. The Morgan fingerprint density at radius 3 is 2.74 bits per heavy atom. The number of nitrogens with one attached hydrogen (secondary N) is 1. The Bertz CT molecular complexity index is 703. The first-order valence-corrected chi connectivity index (χ1v) is 7.65. The van der Waals surface area contributed by atoms with Crippen molar-refractivity contribution in [1.82, 2.24) is 15.2 Å². The molecule has 1 fully saturated rings. The van der Waals surface area contributed by atoms with E-state index >= 15 is 0 Å². The van der Waals surface area contributed by atoms with Crippen LogP contribution in [0.5, 0.6) is 0 Å². The van der Waals surface area contributed by atoms with E-state index in [1.54, 1.807) is 12.1 Å². The van der Waals surface area contributed by atoms with E-state index in [4.69, 9.17) is 10.00 Å².